The summed E-state index contributed by atoms with van der Waals surface area (Å²) in [4.78, 5) is 16.5. The standard InChI is InChI=1S/C19H17ClN2O6/c1-24-14-7-4-11(8-16(14)26-3)18-21-17(28-22-18)10-27-19(23)13-6-5-12(20)9-15(13)25-2/h4-9H,10H2,1-3H3. The molecule has 2 aromatic carbocycles. The molecule has 1 aromatic heterocycles. The number of esters is 1. The quantitative estimate of drug-likeness (QED) is 0.549. The smallest absolute Gasteiger partial charge is 0.342 e. The lowest BCUT2D eigenvalue weighted by Gasteiger charge is -2.08. The van der Waals surface area contributed by atoms with Crippen LogP contribution < -0.4 is 14.2 Å². The van der Waals surface area contributed by atoms with Gasteiger partial charge in [0.2, 0.25) is 5.82 Å². The monoisotopic (exact) mass is 404 g/mol. The van der Waals surface area contributed by atoms with Gasteiger partial charge in [-0.25, -0.2) is 4.79 Å². The summed E-state index contributed by atoms with van der Waals surface area (Å²) in [7, 11) is 4.53. The summed E-state index contributed by atoms with van der Waals surface area (Å²) in [6.07, 6.45) is 0. The van der Waals surface area contributed by atoms with Crippen molar-refractivity contribution >= 4 is 17.6 Å². The number of carbonyl (C=O) groups is 1. The molecule has 3 aromatic rings. The molecule has 0 saturated heterocycles. The summed E-state index contributed by atoms with van der Waals surface area (Å²) in [5.74, 6) is 1.31. The van der Waals surface area contributed by atoms with Crippen LogP contribution in [0.3, 0.4) is 0 Å². The van der Waals surface area contributed by atoms with Crippen molar-refractivity contribution in [3.63, 3.8) is 0 Å². The summed E-state index contributed by atoms with van der Waals surface area (Å²) in [6, 6.07) is 9.84. The number of benzene rings is 2. The average molecular weight is 405 g/mol. The van der Waals surface area contributed by atoms with Crippen LogP contribution in [0.15, 0.2) is 40.9 Å². The molecule has 1 heterocycles. The Labute approximate surface area is 165 Å². The van der Waals surface area contributed by atoms with Gasteiger partial charge in [0.15, 0.2) is 18.1 Å². The first-order valence-corrected chi connectivity index (χ1v) is 8.49. The summed E-state index contributed by atoms with van der Waals surface area (Å²) >= 11 is 5.89. The predicted molar refractivity (Wildman–Crippen MR) is 100.0 cm³/mol. The van der Waals surface area contributed by atoms with E-state index in [1.165, 1.54) is 26.4 Å². The summed E-state index contributed by atoms with van der Waals surface area (Å²) < 4.78 is 26.0. The van der Waals surface area contributed by atoms with Crippen LogP contribution in [-0.4, -0.2) is 37.4 Å². The van der Waals surface area contributed by atoms with Gasteiger partial charge in [-0.05, 0) is 36.4 Å². The van der Waals surface area contributed by atoms with E-state index >= 15 is 0 Å². The Bertz CT molecular complexity index is 988. The van der Waals surface area contributed by atoms with Crippen LogP contribution in [-0.2, 0) is 11.3 Å². The number of aromatic nitrogens is 2. The van der Waals surface area contributed by atoms with Gasteiger partial charge in [-0.2, -0.15) is 4.98 Å². The molecule has 0 aliphatic carbocycles. The molecule has 0 aliphatic rings. The van der Waals surface area contributed by atoms with Gasteiger partial charge >= 0.3 is 5.97 Å². The maximum absolute atomic E-state index is 12.3. The predicted octanol–water partition coefficient (Wildman–Crippen LogP) is 3.77. The van der Waals surface area contributed by atoms with Crippen molar-refractivity contribution in [1.29, 1.82) is 0 Å². The largest absolute Gasteiger partial charge is 0.496 e. The van der Waals surface area contributed by atoms with Crippen molar-refractivity contribution in [2.45, 2.75) is 6.61 Å². The van der Waals surface area contributed by atoms with Gasteiger partial charge in [0, 0.05) is 10.6 Å². The molecule has 9 heteroatoms. The molecule has 146 valence electrons. The minimum atomic E-state index is -0.598. The second-order valence-electron chi connectivity index (χ2n) is 5.50. The van der Waals surface area contributed by atoms with Crippen LogP contribution in [0.5, 0.6) is 17.2 Å². The van der Waals surface area contributed by atoms with Crippen LogP contribution in [0.25, 0.3) is 11.4 Å². The van der Waals surface area contributed by atoms with Crippen LogP contribution >= 0.6 is 11.6 Å². The van der Waals surface area contributed by atoms with E-state index in [1.54, 1.807) is 31.4 Å². The van der Waals surface area contributed by atoms with E-state index in [-0.39, 0.29) is 18.1 Å². The van der Waals surface area contributed by atoms with E-state index in [0.717, 1.165) is 0 Å². The van der Waals surface area contributed by atoms with Crippen LogP contribution in [0.2, 0.25) is 5.02 Å². The molecular formula is C19H17ClN2O6. The summed E-state index contributed by atoms with van der Waals surface area (Å²) in [5, 5.41) is 4.35. The fourth-order valence-electron chi connectivity index (χ4n) is 2.44. The van der Waals surface area contributed by atoms with Crippen molar-refractivity contribution in [3.8, 4) is 28.6 Å². The number of carbonyl (C=O) groups excluding carboxylic acids is 1. The highest BCUT2D eigenvalue weighted by Crippen LogP contribution is 2.31. The SMILES string of the molecule is COc1ccc(-c2noc(COC(=O)c3ccc(Cl)cc3OC)n2)cc1OC. The second kappa shape index (κ2) is 8.62. The topological polar surface area (TPSA) is 92.9 Å². The third kappa shape index (κ3) is 4.17. The summed E-state index contributed by atoms with van der Waals surface area (Å²) in [6.45, 7) is -0.190. The Balaban J connectivity index is 1.71. The Kier molecular flexibility index (Phi) is 6.00. The zero-order chi connectivity index (χ0) is 20.1. The highest BCUT2D eigenvalue weighted by atomic mass is 35.5. The number of halogens is 1. The molecule has 0 N–H and O–H groups in total. The van der Waals surface area contributed by atoms with Gasteiger partial charge in [-0.3, -0.25) is 0 Å². The van der Waals surface area contributed by atoms with Crippen molar-refractivity contribution in [3.05, 3.63) is 52.9 Å². The lowest BCUT2D eigenvalue weighted by atomic mass is 10.2. The van der Waals surface area contributed by atoms with Crippen LogP contribution in [0.4, 0.5) is 0 Å². The number of hydrogen-bond acceptors (Lipinski definition) is 8. The third-order valence-corrected chi connectivity index (χ3v) is 4.06. The first-order chi connectivity index (χ1) is 13.5. The van der Waals surface area contributed by atoms with E-state index in [1.807, 2.05) is 0 Å². The Hall–Kier alpha value is -3.26. The minimum Gasteiger partial charge on any atom is -0.496 e. The van der Waals surface area contributed by atoms with Crippen molar-refractivity contribution in [2.24, 2.45) is 0 Å². The molecule has 0 spiro atoms. The molecule has 8 nitrogen and oxygen atoms in total. The van der Waals surface area contributed by atoms with E-state index in [9.17, 15) is 4.79 Å². The van der Waals surface area contributed by atoms with E-state index < -0.39 is 5.97 Å². The maximum Gasteiger partial charge on any atom is 0.342 e. The normalized spacial score (nSPS) is 10.4. The zero-order valence-corrected chi connectivity index (χ0v) is 16.1. The fourth-order valence-corrected chi connectivity index (χ4v) is 2.61. The first-order valence-electron chi connectivity index (χ1n) is 8.11. The molecule has 0 unspecified atom stereocenters. The molecule has 0 aliphatic heterocycles. The first kappa shape index (κ1) is 19.5. The van der Waals surface area contributed by atoms with Crippen LogP contribution in [0.1, 0.15) is 16.2 Å². The Morgan fingerprint density at radius 3 is 2.46 bits per heavy atom. The summed E-state index contributed by atoms with van der Waals surface area (Å²) in [5.41, 5.74) is 0.907. The Morgan fingerprint density at radius 1 is 1.00 bits per heavy atom. The number of ether oxygens (including phenoxy) is 4. The van der Waals surface area contributed by atoms with Gasteiger partial charge in [0.25, 0.3) is 5.89 Å². The molecule has 0 radical (unpaired) electrons. The number of rotatable bonds is 7. The molecular weight excluding hydrogens is 388 g/mol. The third-order valence-electron chi connectivity index (χ3n) is 3.82. The van der Waals surface area contributed by atoms with Gasteiger partial charge in [-0.1, -0.05) is 16.8 Å². The van der Waals surface area contributed by atoms with E-state index in [0.29, 0.717) is 33.7 Å². The van der Waals surface area contributed by atoms with Crippen molar-refractivity contribution < 1.29 is 28.3 Å². The Morgan fingerprint density at radius 2 is 1.75 bits per heavy atom. The molecule has 0 fully saturated rings. The molecule has 0 amide bonds. The lowest BCUT2D eigenvalue weighted by Crippen LogP contribution is -2.07. The van der Waals surface area contributed by atoms with Gasteiger partial charge < -0.3 is 23.5 Å². The van der Waals surface area contributed by atoms with Gasteiger partial charge in [0.05, 0.1) is 21.3 Å². The molecule has 0 saturated carbocycles. The molecule has 0 atom stereocenters. The minimum absolute atomic E-state index is 0.145. The number of nitrogens with zero attached hydrogens (tertiary/aromatic N) is 2. The maximum atomic E-state index is 12.3. The van der Waals surface area contributed by atoms with E-state index in [4.69, 9.17) is 35.1 Å². The molecule has 3 rings (SSSR count). The number of methoxy groups -OCH3 is 3. The van der Waals surface area contributed by atoms with Gasteiger partial charge in [0.1, 0.15) is 11.3 Å². The second-order valence-corrected chi connectivity index (χ2v) is 5.94. The highest BCUT2D eigenvalue weighted by molar-refractivity contribution is 6.30. The highest BCUT2D eigenvalue weighted by Gasteiger charge is 2.17. The number of hydrogen-bond donors (Lipinski definition) is 0. The fraction of sp³-hybridized carbons (Fsp3) is 0.211. The lowest BCUT2D eigenvalue weighted by molar-refractivity contribution is 0.0426. The molecule has 28 heavy (non-hydrogen) atoms. The molecule has 0 bridgehead atoms. The van der Waals surface area contributed by atoms with E-state index in [2.05, 4.69) is 10.1 Å². The zero-order valence-electron chi connectivity index (χ0n) is 15.4. The van der Waals surface area contributed by atoms with Gasteiger partial charge in [-0.15, -0.1) is 0 Å². The average Bonchev–Trinajstić information content (AvgIpc) is 3.20. The van der Waals surface area contributed by atoms with Crippen molar-refractivity contribution in [1.82, 2.24) is 10.1 Å². The van der Waals surface area contributed by atoms with Crippen molar-refractivity contribution in [2.75, 3.05) is 21.3 Å². The van der Waals surface area contributed by atoms with Crippen LogP contribution in [0, 0.1) is 0 Å².